The van der Waals surface area contributed by atoms with Gasteiger partial charge in [0.05, 0.1) is 0 Å². The Morgan fingerprint density at radius 3 is 2.71 bits per heavy atom. The van der Waals surface area contributed by atoms with Crippen LogP contribution in [0.1, 0.15) is 31.2 Å². The summed E-state index contributed by atoms with van der Waals surface area (Å²) in [6.45, 7) is 6.81. The van der Waals surface area contributed by atoms with Crippen molar-refractivity contribution in [2.75, 3.05) is 44.7 Å². The van der Waals surface area contributed by atoms with Gasteiger partial charge in [-0.3, -0.25) is 4.79 Å². The van der Waals surface area contributed by atoms with E-state index in [1.165, 1.54) is 12.0 Å². The summed E-state index contributed by atoms with van der Waals surface area (Å²) in [6.07, 6.45) is 6.19. The van der Waals surface area contributed by atoms with E-state index in [2.05, 4.69) is 39.2 Å². The van der Waals surface area contributed by atoms with Crippen LogP contribution < -0.4 is 10.2 Å². The van der Waals surface area contributed by atoms with Crippen LogP contribution in [0.25, 0.3) is 0 Å². The lowest BCUT2D eigenvalue weighted by Gasteiger charge is -2.38. The molecule has 3 heterocycles. The van der Waals surface area contributed by atoms with Crippen LogP contribution in [0.3, 0.4) is 0 Å². The number of anilines is 1. The fourth-order valence-corrected chi connectivity index (χ4v) is 3.98. The van der Waals surface area contributed by atoms with Crippen LogP contribution in [-0.4, -0.2) is 55.6 Å². The average molecular weight is 330 g/mol. The van der Waals surface area contributed by atoms with Crippen molar-refractivity contribution in [3.63, 3.8) is 0 Å². The Morgan fingerprint density at radius 1 is 1.25 bits per heavy atom. The zero-order valence-electron chi connectivity index (χ0n) is 15.0. The molecule has 132 valence electrons. The molecule has 0 saturated carbocycles. The van der Waals surface area contributed by atoms with Gasteiger partial charge in [-0.15, -0.1) is 0 Å². The third kappa shape index (κ3) is 4.07. The van der Waals surface area contributed by atoms with E-state index >= 15 is 0 Å². The van der Waals surface area contributed by atoms with Gasteiger partial charge in [-0.2, -0.15) is 0 Å². The number of likely N-dealkylation sites (tertiary alicyclic amines) is 1. The Morgan fingerprint density at radius 2 is 2.04 bits per heavy atom. The maximum absolute atomic E-state index is 12.9. The lowest BCUT2D eigenvalue weighted by Crippen LogP contribution is -2.47. The van der Waals surface area contributed by atoms with Crippen LogP contribution in [0.5, 0.6) is 0 Å². The minimum Gasteiger partial charge on any atom is -0.357 e. The molecule has 1 N–H and O–H groups in total. The second kappa shape index (κ2) is 7.97. The monoisotopic (exact) mass is 330 g/mol. The molecule has 1 aromatic rings. The summed E-state index contributed by atoms with van der Waals surface area (Å²) >= 11 is 0. The van der Waals surface area contributed by atoms with E-state index in [4.69, 9.17) is 0 Å². The Hall–Kier alpha value is -1.62. The summed E-state index contributed by atoms with van der Waals surface area (Å²) in [5.74, 6) is 2.23. The summed E-state index contributed by atoms with van der Waals surface area (Å²) in [7, 11) is 2.00. The number of carbonyl (C=O) groups excluding carboxylic acids is 1. The molecule has 2 aliphatic heterocycles. The first kappa shape index (κ1) is 17.2. The average Bonchev–Trinajstić information content (AvgIpc) is 2.62. The number of nitrogens with one attached hydrogen (secondary N) is 1. The van der Waals surface area contributed by atoms with Gasteiger partial charge < -0.3 is 15.1 Å². The Balaban J connectivity index is 1.52. The summed E-state index contributed by atoms with van der Waals surface area (Å²) < 4.78 is 0. The van der Waals surface area contributed by atoms with E-state index in [1.54, 1.807) is 0 Å². The van der Waals surface area contributed by atoms with Gasteiger partial charge in [0, 0.05) is 38.3 Å². The molecular weight excluding hydrogens is 300 g/mol. The normalized spacial score (nSPS) is 22.7. The van der Waals surface area contributed by atoms with Crippen molar-refractivity contribution >= 4 is 11.7 Å². The molecule has 3 rings (SSSR count). The first-order chi connectivity index (χ1) is 11.7. The number of amides is 1. The van der Waals surface area contributed by atoms with Crippen LogP contribution in [0.4, 0.5) is 5.82 Å². The van der Waals surface area contributed by atoms with E-state index in [1.807, 2.05) is 13.2 Å². The molecule has 1 aromatic heterocycles. The zero-order valence-corrected chi connectivity index (χ0v) is 15.0. The number of hydrogen-bond acceptors (Lipinski definition) is 4. The Labute approximate surface area is 145 Å². The van der Waals surface area contributed by atoms with Gasteiger partial charge in [-0.05, 0) is 63.7 Å². The predicted molar refractivity (Wildman–Crippen MR) is 97.1 cm³/mol. The highest BCUT2D eigenvalue weighted by molar-refractivity contribution is 5.79. The maximum atomic E-state index is 12.9. The van der Waals surface area contributed by atoms with Gasteiger partial charge in [-0.25, -0.2) is 4.98 Å². The van der Waals surface area contributed by atoms with Crippen LogP contribution in [0.2, 0.25) is 0 Å². The largest absolute Gasteiger partial charge is 0.357 e. The molecule has 1 amide bonds. The first-order valence-corrected chi connectivity index (χ1v) is 9.28. The van der Waals surface area contributed by atoms with Gasteiger partial charge in [0.15, 0.2) is 0 Å². The molecule has 0 spiro atoms. The van der Waals surface area contributed by atoms with Crippen LogP contribution >= 0.6 is 0 Å². The Kier molecular flexibility index (Phi) is 5.72. The second-order valence-electron chi connectivity index (χ2n) is 7.31. The van der Waals surface area contributed by atoms with Gasteiger partial charge in [-0.1, -0.05) is 6.07 Å². The van der Waals surface area contributed by atoms with Crippen molar-refractivity contribution in [1.82, 2.24) is 15.2 Å². The van der Waals surface area contributed by atoms with Crippen molar-refractivity contribution < 1.29 is 4.79 Å². The number of aromatic nitrogens is 1. The van der Waals surface area contributed by atoms with Crippen molar-refractivity contribution in [2.45, 2.75) is 32.6 Å². The van der Waals surface area contributed by atoms with E-state index < -0.39 is 0 Å². The summed E-state index contributed by atoms with van der Waals surface area (Å²) in [5, 5.41) is 3.25. The van der Waals surface area contributed by atoms with Crippen molar-refractivity contribution in [3.05, 3.63) is 23.9 Å². The molecule has 24 heavy (non-hydrogen) atoms. The van der Waals surface area contributed by atoms with Gasteiger partial charge in [0.2, 0.25) is 5.91 Å². The molecule has 2 aliphatic rings. The fraction of sp³-hybridized carbons (Fsp3) is 0.684. The molecule has 5 heteroatoms. The van der Waals surface area contributed by atoms with E-state index in [-0.39, 0.29) is 5.92 Å². The minimum absolute atomic E-state index is 0.194. The van der Waals surface area contributed by atoms with Crippen LogP contribution in [-0.2, 0) is 4.79 Å². The highest BCUT2D eigenvalue weighted by Crippen LogP contribution is 2.25. The molecule has 5 nitrogen and oxygen atoms in total. The van der Waals surface area contributed by atoms with Crippen LogP contribution in [0.15, 0.2) is 18.3 Å². The highest BCUT2D eigenvalue weighted by atomic mass is 16.2. The van der Waals surface area contributed by atoms with Crippen molar-refractivity contribution in [2.24, 2.45) is 11.8 Å². The first-order valence-electron chi connectivity index (χ1n) is 9.28. The summed E-state index contributed by atoms with van der Waals surface area (Å²) in [6, 6.07) is 4.19. The molecule has 0 aromatic carbocycles. The quantitative estimate of drug-likeness (QED) is 0.918. The number of aryl methyl sites for hydroxylation is 1. The standard InChI is InChI=1S/C19H30N4O/c1-15-5-6-18(21-12-15)22-10-7-17(8-11-22)19(24)23-9-3-4-16(14-23)13-20-2/h5-6,12,16-17,20H,3-4,7-11,13-14H2,1-2H3. The Bertz CT molecular complexity index is 535. The summed E-state index contributed by atoms with van der Waals surface area (Å²) in [4.78, 5) is 21.8. The number of rotatable bonds is 4. The SMILES string of the molecule is CNCC1CCCN(C(=O)C2CCN(c3ccc(C)cn3)CC2)C1. The lowest BCUT2D eigenvalue weighted by molar-refractivity contribution is -0.138. The number of hydrogen-bond donors (Lipinski definition) is 1. The number of pyridine rings is 1. The van der Waals surface area contributed by atoms with Crippen molar-refractivity contribution in [3.8, 4) is 0 Å². The second-order valence-corrected chi connectivity index (χ2v) is 7.31. The molecule has 1 atom stereocenters. The zero-order chi connectivity index (χ0) is 16.9. The topological polar surface area (TPSA) is 48.5 Å². The van der Waals surface area contributed by atoms with Crippen LogP contribution in [0, 0.1) is 18.8 Å². The molecule has 0 aliphatic carbocycles. The molecular formula is C19H30N4O. The lowest BCUT2D eigenvalue weighted by atomic mass is 9.92. The molecule has 2 fully saturated rings. The van der Waals surface area contributed by atoms with Crippen molar-refractivity contribution in [1.29, 1.82) is 0 Å². The minimum atomic E-state index is 0.194. The van der Waals surface area contributed by atoms with Gasteiger partial charge in [0.25, 0.3) is 0 Å². The summed E-state index contributed by atoms with van der Waals surface area (Å²) in [5.41, 5.74) is 1.19. The maximum Gasteiger partial charge on any atom is 0.225 e. The van der Waals surface area contributed by atoms with Gasteiger partial charge >= 0.3 is 0 Å². The fourth-order valence-electron chi connectivity index (χ4n) is 3.98. The smallest absolute Gasteiger partial charge is 0.225 e. The molecule has 2 saturated heterocycles. The number of carbonyl (C=O) groups is 1. The molecule has 1 unspecified atom stereocenters. The highest BCUT2D eigenvalue weighted by Gasteiger charge is 2.31. The molecule has 0 radical (unpaired) electrons. The van der Waals surface area contributed by atoms with Gasteiger partial charge in [0.1, 0.15) is 5.82 Å². The van der Waals surface area contributed by atoms with E-state index in [9.17, 15) is 4.79 Å². The van der Waals surface area contributed by atoms with E-state index in [0.717, 1.165) is 57.8 Å². The number of nitrogens with zero attached hydrogens (tertiary/aromatic N) is 3. The third-order valence-corrected chi connectivity index (χ3v) is 5.39. The molecule has 0 bridgehead atoms. The number of piperidine rings is 2. The predicted octanol–water partition coefficient (Wildman–Crippen LogP) is 2.06. The third-order valence-electron chi connectivity index (χ3n) is 5.39. The van der Waals surface area contributed by atoms with E-state index in [0.29, 0.717) is 11.8 Å².